The summed E-state index contributed by atoms with van der Waals surface area (Å²) < 4.78 is 5.86. The first-order valence-electron chi connectivity index (χ1n) is 7.91. The molecule has 0 fully saturated rings. The lowest BCUT2D eigenvalue weighted by molar-refractivity contribution is 0.0838. The monoisotopic (exact) mass is 324 g/mol. The molecule has 0 amide bonds. The minimum atomic E-state index is -0.941. The van der Waals surface area contributed by atoms with Gasteiger partial charge in [0.05, 0.1) is 11.8 Å². The van der Waals surface area contributed by atoms with E-state index >= 15 is 0 Å². The van der Waals surface area contributed by atoms with Gasteiger partial charge in [0, 0.05) is 0 Å². The Morgan fingerprint density at radius 1 is 1.08 bits per heavy atom. The molecule has 4 heteroatoms. The van der Waals surface area contributed by atoms with Crippen molar-refractivity contribution in [3.05, 3.63) is 71.0 Å². The highest BCUT2D eigenvalue weighted by atomic mass is 16.5. The summed E-state index contributed by atoms with van der Waals surface area (Å²) in [5.74, 6) is -0.162. The number of hydrogen-bond acceptors (Lipinski definition) is 4. The predicted molar refractivity (Wildman–Crippen MR) is 91.7 cm³/mol. The van der Waals surface area contributed by atoms with Crippen molar-refractivity contribution < 1.29 is 19.7 Å². The molecule has 3 rings (SSSR count). The van der Waals surface area contributed by atoms with Gasteiger partial charge in [0.2, 0.25) is 5.78 Å². The van der Waals surface area contributed by atoms with E-state index in [4.69, 9.17) is 4.74 Å². The van der Waals surface area contributed by atoms with Crippen molar-refractivity contribution in [1.29, 1.82) is 0 Å². The molecule has 0 bridgehead atoms. The van der Waals surface area contributed by atoms with E-state index in [2.05, 4.69) is 12.1 Å². The summed E-state index contributed by atoms with van der Waals surface area (Å²) in [5.41, 5.74) is 1.40. The lowest BCUT2D eigenvalue weighted by atomic mass is 9.86. The quantitative estimate of drug-likeness (QED) is 0.662. The molecule has 1 aliphatic heterocycles. The molecule has 2 aromatic rings. The molecule has 0 aromatic heterocycles. The van der Waals surface area contributed by atoms with E-state index in [9.17, 15) is 15.0 Å². The Balaban J connectivity index is 1.92. The minimum Gasteiger partial charge on any atom is -0.515 e. The van der Waals surface area contributed by atoms with E-state index in [-0.39, 0.29) is 16.9 Å². The van der Waals surface area contributed by atoms with Crippen LogP contribution in [0, 0.1) is 0 Å². The number of aliphatic hydroxyl groups is 1. The van der Waals surface area contributed by atoms with Crippen LogP contribution in [0.15, 0.2) is 54.3 Å². The van der Waals surface area contributed by atoms with Crippen LogP contribution in [0.4, 0.5) is 0 Å². The standard InChI is InChI=1S/C20H20O4/c1-20(2)15(12-21)19(23)18-16(22)10-14(11-17(18)24-20)9-8-13-6-4-3-5-7-13/h3-7,10-12,21-22H,8-9H2,1-2H3/b15-12-. The van der Waals surface area contributed by atoms with Crippen LogP contribution in [-0.4, -0.2) is 21.6 Å². The van der Waals surface area contributed by atoms with Gasteiger partial charge in [0.15, 0.2) is 0 Å². The molecule has 24 heavy (non-hydrogen) atoms. The normalized spacial score (nSPS) is 17.4. The molecule has 4 nitrogen and oxygen atoms in total. The third-order valence-corrected chi connectivity index (χ3v) is 4.30. The van der Waals surface area contributed by atoms with Crippen LogP contribution in [0.2, 0.25) is 0 Å². The first kappa shape index (κ1) is 16.1. The third-order valence-electron chi connectivity index (χ3n) is 4.30. The van der Waals surface area contributed by atoms with Gasteiger partial charge in [-0.05, 0) is 49.9 Å². The van der Waals surface area contributed by atoms with Crippen molar-refractivity contribution in [3.8, 4) is 11.5 Å². The highest BCUT2D eigenvalue weighted by Gasteiger charge is 2.40. The van der Waals surface area contributed by atoms with Gasteiger partial charge in [0.25, 0.3) is 0 Å². The molecule has 0 saturated carbocycles. The maximum absolute atomic E-state index is 12.5. The molecule has 124 valence electrons. The molecule has 0 radical (unpaired) electrons. The van der Waals surface area contributed by atoms with Crippen LogP contribution >= 0.6 is 0 Å². The van der Waals surface area contributed by atoms with Gasteiger partial charge in [-0.2, -0.15) is 0 Å². The first-order chi connectivity index (χ1) is 11.4. The Bertz CT molecular complexity index is 804. The molecular weight excluding hydrogens is 304 g/mol. The highest BCUT2D eigenvalue weighted by molar-refractivity contribution is 6.14. The summed E-state index contributed by atoms with van der Waals surface area (Å²) in [6, 6.07) is 13.5. The number of ether oxygens (including phenoxy) is 1. The number of carbonyl (C=O) groups excluding carboxylic acids is 1. The molecule has 0 spiro atoms. The van der Waals surface area contributed by atoms with Crippen molar-refractivity contribution in [3.63, 3.8) is 0 Å². The summed E-state index contributed by atoms with van der Waals surface area (Å²) >= 11 is 0. The molecule has 0 saturated heterocycles. The Labute approximate surface area is 141 Å². The number of aromatic hydroxyl groups is 1. The molecule has 0 atom stereocenters. The lowest BCUT2D eigenvalue weighted by Gasteiger charge is -2.33. The number of Topliss-reactive ketones (excluding diaryl/α,β-unsaturated/α-hetero) is 1. The van der Waals surface area contributed by atoms with Crippen LogP contribution in [0.3, 0.4) is 0 Å². The smallest absolute Gasteiger partial charge is 0.203 e. The van der Waals surface area contributed by atoms with Crippen molar-refractivity contribution in [2.45, 2.75) is 32.3 Å². The summed E-state index contributed by atoms with van der Waals surface area (Å²) in [6.07, 6.45) is 2.32. The van der Waals surface area contributed by atoms with Gasteiger partial charge in [-0.1, -0.05) is 30.3 Å². The van der Waals surface area contributed by atoms with Gasteiger partial charge in [0.1, 0.15) is 22.7 Å². The maximum atomic E-state index is 12.5. The average Bonchev–Trinajstić information content (AvgIpc) is 2.52. The number of hydrogen-bond donors (Lipinski definition) is 2. The molecule has 2 N–H and O–H groups in total. The largest absolute Gasteiger partial charge is 0.515 e. The molecule has 0 unspecified atom stereocenters. The fourth-order valence-electron chi connectivity index (χ4n) is 2.99. The van der Waals surface area contributed by atoms with Crippen LogP contribution in [0.5, 0.6) is 11.5 Å². The second kappa shape index (κ2) is 6.04. The summed E-state index contributed by atoms with van der Waals surface area (Å²) in [7, 11) is 0. The van der Waals surface area contributed by atoms with Crippen molar-refractivity contribution >= 4 is 5.78 Å². The molecule has 2 aromatic carbocycles. The fraction of sp³-hybridized carbons (Fsp3) is 0.250. The van der Waals surface area contributed by atoms with E-state index in [0.29, 0.717) is 5.75 Å². The number of carbonyl (C=O) groups is 1. The van der Waals surface area contributed by atoms with Gasteiger partial charge in [-0.3, -0.25) is 4.79 Å². The zero-order valence-electron chi connectivity index (χ0n) is 13.7. The number of ketones is 1. The topological polar surface area (TPSA) is 66.8 Å². The van der Waals surface area contributed by atoms with Gasteiger partial charge in [-0.25, -0.2) is 0 Å². The molecule has 1 heterocycles. The predicted octanol–water partition coefficient (Wildman–Crippen LogP) is 3.97. The lowest BCUT2D eigenvalue weighted by Crippen LogP contribution is -2.39. The number of phenols is 1. The maximum Gasteiger partial charge on any atom is 0.203 e. The zero-order chi connectivity index (χ0) is 17.3. The number of rotatable bonds is 3. The van der Waals surface area contributed by atoms with Crippen LogP contribution in [0.1, 0.15) is 35.3 Å². The average molecular weight is 324 g/mol. The molecule has 1 aliphatic rings. The zero-order valence-corrected chi connectivity index (χ0v) is 13.7. The number of phenolic OH excluding ortho intramolecular Hbond substituents is 1. The van der Waals surface area contributed by atoms with Crippen molar-refractivity contribution in [1.82, 2.24) is 0 Å². The van der Waals surface area contributed by atoms with E-state index in [0.717, 1.165) is 24.7 Å². The van der Waals surface area contributed by atoms with E-state index in [1.807, 2.05) is 18.2 Å². The highest BCUT2D eigenvalue weighted by Crippen LogP contribution is 2.41. The Morgan fingerprint density at radius 2 is 1.75 bits per heavy atom. The fourth-order valence-corrected chi connectivity index (χ4v) is 2.99. The molecular formula is C20H20O4. The van der Waals surface area contributed by atoms with Crippen LogP contribution in [-0.2, 0) is 12.8 Å². The van der Waals surface area contributed by atoms with E-state index in [1.54, 1.807) is 26.0 Å². The number of benzene rings is 2. The van der Waals surface area contributed by atoms with Gasteiger partial charge < -0.3 is 14.9 Å². The van der Waals surface area contributed by atoms with E-state index in [1.165, 1.54) is 5.56 Å². The van der Waals surface area contributed by atoms with E-state index < -0.39 is 11.4 Å². The Hall–Kier alpha value is -2.75. The number of aliphatic hydroxyl groups excluding tert-OH is 1. The second-order valence-corrected chi connectivity index (χ2v) is 6.46. The SMILES string of the molecule is CC1(C)Oc2cc(CCc3ccccc3)cc(O)c2C(=O)/C1=C/O. The minimum absolute atomic E-state index is 0.109. The summed E-state index contributed by atoms with van der Waals surface area (Å²) in [6.45, 7) is 3.42. The summed E-state index contributed by atoms with van der Waals surface area (Å²) in [4.78, 5) is 12.5. The van der Waals surface area contributed by atoms with Gasteiger partial charge in [-0.15, -0.1) is 0 Å². The second-order valence-electron chi connectivity index (χ2n) is 6.46. The van der Waals surface area contributed by atoms with Gasteiger partial charge >= 0.3 is 0 Å². The summed E-state index contributed by atoms with van der Waals surface area (Å²) in [5, 5.41) is 19.6. The first-order valence-corrected chi connectivity index (χ1v) is 7.91. The van der Waals surface area contributed by atoms with Crippen LogP contribution < -0.4 is 4.74 Å². The van der Waals surface area contributed by atoms with Crippen molar-refractivity contribution in [2.24, 2.45) is 0 Å². The molecule has 0 aliphatic carbocycles. The Morgan fingerprint density at radius 3 is 2.42 bits per heavy atom. The van der Waals surface area contributed by atoms with Crippen molar-refractivity contribution in [2.75, 3.05) is 0 Å². The number of aryl methyl sites for hydroxylation is 2. The Kier molecular flexibility index (Phi) is 4.06. The van der Waals surface area contributed by atoms with Crippen LogP contribution in [0.25, 0.3) is 0 Å². The third kappa shape index (κ3) is 2.87. The number of fused-ring (bicyclic) bond motifs is 1.